The second-order valence-corrected chi connectivity index (χ2v) is 8.71. The lowest BCUT2D eigenvalue weighted by Crippen LogP contribution is -2.33. The van der Waals surface area contributed by atoms with Crippen LogP contribution in [0.4, 0.5) is 0 Å². The molecular weight excluding hydrogens is 246 g/mol. The van der Waals surface area contributed by atoms with Gasteiger partial charge in [0, 0.05) is 11.8 Å². The van der Waals surface area contributed by atoms with Crippen molar-refractivity contribution < 1.29 is 8.42 Å². The Kier molecular flexibility index (Phi) is 5.66. The summed E-state index contributed by atoms with van der Waals surface area (Å²) in [4.78, 5) is 0. The maximum Gasteiger partial charge on any atom is 0.150 e. The summed E-state index contributed by atoms with van der Waals surface area (Å²) in [7, 11) is -2.80. The molecule has 0 aromatic carbocycles. The zero-order chi connectivity index (χ0) is 13.8. The summed E-state index contributed by atoms with van der Waals surface area (Å²) >= 11 is 0. The summed E-state index contributed by atoms with van der Waals surface area (Å²) < 4.78 is 23.0. The van der Waals surface area contributed by atoms with Crippen molar-refractivity contribution in [3.05, 3.63) is 0 Å². The summed E-state index contributed by atoms with van der Waals surface area (Å²) in [5.41, 5.74) is 0.453. The number of nitrogens with one attached hydrogen (secondary N) is 1. The van der Waals surface area contributed by atoms with Gasteiger partial charge in [-0.3, -0.25) is 0 Å². The second-order valence-electron chi connectivity index (χ2n) is 6.24. The average molecular weight is 275 g/mol. The number of hydrogen-bond donors (Lipinski definition) is 1. The zero-order valence-electron chi connectivity index (χ0n) is 12.3. The smallest absolute Gasteiger partial charge is 0.150 e. The molecule has 0 amide bonds. The van der Waals surface area contributed by atoms with E-state index in [9.17, 15) is 8.42 Å². The molecular formula is C14H29NO2S. The van der Waals surface area contributed by atoms with Crippen LogP contribution in [0.15, 0.2) is 0 Å². The largest absolute Gasteiger partial charge is 0.314 e. The van der Waals surface area contributed by atoms with Crippen molar-refractivity contribution in [3.63, 3.8) is 0 Å². The van der Waals surface area contributed by atoms with Crippen LogP contribution >= 0.6 is 0 Å². The maximum atomic E-state index is 11.5. The lowest BCUT2D eigenvalue weighted by atomic mass is 10.00. The third kappa shape index (κ3) is 4.88. The highest BCUT2D eigenvalue weighted by Gasteiger charge is 2.49. The Labute approximate surface area is 113 Å². The molecule has 1 aliphatic carbocycles. The van der Waals surface area contributed by atoms with Crippen LogP contribution in [0.25, 0.3) is 0 Å². The average Bonchev–Trinajstić information content (AvgIpc) is 2.92. The van der Waals surface area contributed by atoms with Crippen molar-refractivity contribution in [1.82, 2.24) is 5.32 Å². The Hall–Kier alpha value is -0.0900. The first kappa shape index (κ1) is 16.0. The Morgan fingerprint density at radius 1 is 1.33 bits per heavy atom. The Morgan fingerprint density at radius 3 is 2.39 bits per heavy atom. The standard InChI is InChI=1S/C14H29NO2S/c1-5-9-15-13(12-11-14(12,3)4)8-7-10-18(16,17)6-2/h12-13,15H,5-11H2,1-4H3. The molecule has 1 aliphatic rings. The summed E-state index contributed by atoms with van der Waals surface area (Å²) in [5.74, 6) is 1.35. The summed E-state index contributed by atoms with van der Waals surface area (Å²) in [6.07, 6.45) is 4.20. The van der Waals surface area contributed by atoms with Crippen molar-refractivity contribution in [2.45, 2.75) is 59.4 Å². The van der Waals surface area contributed by atoms with Crippen molar-refractivity contribution in [2.75, 3.05) is 18.1 Å². The number of hydrogen-bond acceptors (Lipinski definition) is 3. The Balaban J connectivity index is 2.38. The van der Waals surface area contributed by atoms with E-state index in [0.717, 1.165) is 31.7 Å². The predicted molar refractivity (Wildman–Crippen MR) is 77.5 cm³/mol. The van der Waals surface area contributed by atoms with Gasteiger partial charge < -0.3 is 5.32 Å². The Morgan fingerprint density at radius 2 is 1.94 bits per heavy atom. The molecule has 18 heavy (non-hydrogen) atoms. The van der Waals surface area contributed by atoms with Crippen LogP contribution in [-0.4, -0.2) is 32.5 Å². The van der Waals surface area contributed by atoms with Gasteiger partial charge in [-0.25, -0.2) is 8.42 Å². The van der Waals surface area contributed by atoms with Gasteiger partial charge in [0.05, 0.1) is 5.75 Å². The first-order valence-electron chi connectivity index (χ1n) is 7.26. The highest BCUT2D eigenvalue weighted by Crippen LogP contribution is 2.54. The molecule has 0 aromatic rings. The quantitative estimate of drug-likeness (QED) is 0.703. The van der Waals surface area contributed by atoms with E-state index in [1.165, 1.54) is 6.42 Å². The number of sulfone groups is 1. The monoisotopic (exact) mass is 275 g/mol. The van der Waals surface area contributed by atoms with E-state index in [0.29, 0.717) is 17.2 Å². The van der Waals surface area contributed by atoms with E-state index in [1.54, 1.807) is 6.92 Å². The van der Waals surface area contributed by atoms with Gasteiger partial charge in [0.1, 0.15) is 9.84 Å². The maximum absolute atomic E-state index is 11.5. The number of rotatable bonds is 9. The molecule has 1 rings (SSSR count). The van der Waals surface area contributed by atoms with E-state index >= 15 is 0 Å². The normalized spacial score (nSPS) is 23.9. The molecule has 108 valence electrons. The molecule has 0 saturated heterocycles. The fraction of sp³-hybridized carbons (Fsp3) is 1.00. The van der Waals surface area contributed by atoms with Gasteiger partial charge in [-0.15, -0.1) is 0 Å². The van der Waals surface area contributed by atoms with Gasteiger partial charge in [-0.05, 0) is 43.6 Å². The van der Waals surface area contributed by atoms with Gasteiger partial charge >= 0.3 is 0 Å². The van der Waals surface area contributed by atoms with Crippen LogP contribution in [0, 0.1) is 11.3 Å². The van der Waals surface area contributed by atoms with Gasteiger partial charge in [-0.2, -0.15) is 0 Å². The molecule has 2 unspecified atom stereocenters. The van der Waals surface area contributed by atoms with Crippen molar-refractivity contribution in [2.24, 2.45) is 11.3 Å². The van der Waals surface area contributed by atoms with Crippen LogP contribution in [0.1, 0.15) is 53.4 Å². The van der Waals surface area contributed by atoms with Gasteiger partial charge in [0.2, 0.25) is 0 Å². The Bertz CT molecular complexity index is 349. The zero-order valence-corrected chi connectivity index (χ0v) is 13.1. The summed E-state index contributed by atoms with van der Waals surface area (Å²) in [6, 6.07) is 0.506. The molecule has 0 aromatic heterocycles. The van der Waals surface area contributed by atoms with Gasteiger partial charge in [-0.1, -0.05) is 27.7 Å². The van der Waals surface area contributed by atoms with E-state index in [2.05, 4.69) is 26.1 Å². The van der Waals surface area contributed by atoms with E-state index in [1.807, 2.05) is 0 Å². The molecule has 1 N–H and O–H groups in total. The molecule has 0 heterocycles. The minimum absolute atomic E-state index is 0.273. The molecule has 0 radical (unpaired) electrons. The first-order valence-corrected chi connectivity index (χ1v) is 9.08. The molecule has 1 saturated carbocycles. The third-order valence-electron chi connectivity index (χ3n) is 4.14. The van der Waals surface area contributed by atoms with Crippen LogP contribution in [0.2, 0.25) is 0 Å². The lowest BCUT2D eigenvalue weighted by molar-refractivity contribution is 0.382. The summed E-state index contributed by atoms with van der Waals surface area (Å²) in [6.45, 7) is 9.55. The molecule has 4 heteroatoms. The van der Waals surface area contributed by atoms with Crippen LogP contribution in [0.5, 0.6) is 0 Å². The molecule has 2 atom stereocenters. The second kappa shape index (κ2) is 6.38. The molecule has 3 nitrogen and oxygen atoms in total. The van der Waals surface area contributed by atoms with Gasteiger partial charge in [0.25, 0.3) is 0 Å². The minimum atomic E-state index is -2.80. The highest BCUT2D eigenvalue weighted by atomic mass is 32.2. The van der Waals surface area contributed by atoms with Crippen molar-refractivity contribution in [3.8, 4) is 0 Å². The van der Waals surface area contributed by atoms with Crippen LogP contribution in [0.3, 0.4) is 0 Å². The van der Waals surface area contributed by atoms with Crippen molar-refractivity contribution in [1.29, 1.82) is 0 Å². The molecule has 0 aliphatic heterocycles. The lowest BCUT2D eigenvalue weighted by Gasteiger charge is -2.20. The van der Waals surface area contributed by atoms with E-state index in [4.69, 9.17) is 0 Å². The fourth-order valence-corrected chi connectivity index (χ4v) is 3.53. The van der Waals surface area contributed by atoms with E-state index in [-0.39, 0.29) is 5.75 Å². The van der Waals surface area contributed by atoms with Crippen molar-refractivity contribution >= 4 is 9.84 Å². The molecule has 0 spiro atoms. The topological polar surface area (TPSA) is 46.2 Å². The van der Waals surface area contributed by atoms with Gasteiger partial charge in [0.15, 0.2) is 0 Å². The SMILES string of the molecule is CCCNC(CCCS(=O)(=O)CC)C1CC1(C)C. The predicted octanol–water partition coefficient (Wildman–Crippen LogP) is 2.62. The van der Waals surface area contributed by atoms with Crippen LogP contribution < -0.4 is 5.32 Å². The minimum Gasteiger partial charge on any atom is -0.314 e. The first-order chi connectivity index (χ1) is 8.32. The van der Waals surface area contributed by atoms with Crippen LogP contribution in [-0.2, 0) is 9.84 Å². The molecule has 0 bridgehead atoms. The summed E-state index contributed by atoms with van der Waals surface area (Å²) in [5, 5.41) is 3.60. The third-order valence-corrected chi connectivity index (χ3v) is 5.93. The molecule has 1 fully saturated rings. The highest BCUT2D eigenvalue weighted by molar-refractivity contribution is 7.91. The van der Waals surface area contributed by atoms with E-state index < -0.39 is 9.84 Å². The fourth-order valence-electron chi connectivity index (χ4n) is 2.64.